The highest BCUT2D eigenvalue weighted by Gasteiger charge is 2.49. The minimum atomic E-state index is -1.19. The Labute approximate surface area is 251 Å². The van der Waals surface area contributed by atoms with Gasteiger partial charge in [-0.25, -0.2) is 14.8 Å². The molecule has 1 unspecified atom stereocenters. The molecule has 5 rings (SSSR count). The molecule has 3 aromatic heterocycles. The molecular formula is C30H30N4O8S. The second-order valence-corrected chi connectivity index (χ2v) is 10.7. The summed E-state index contributed by atoms with van der Waals surface area (Å²) in [4.78, 5) is 50.6. The van der Waals surface area contributed by atoms with Crippen LogP contribution in [0.4, 0.5) is 5.13 Å². The van der Waals surface area contributed by atoms with E-state index >= 15 is 0 Å². The number of rotatable bonds is 8. The molecule has 12 nitrogen and oxygen atoms in total. The van der Waals surface area contributed by atoms with Crippen molar-refractivity contribution in [1.29, 1.82) is 0 Å². The highest BCUT2D eigenvalue weighted by Crippen LogP contribution is 2.48. The number of imidazole rings is 1. The average molecular weight is 607 g/mol. The summed E-state index contributed by atoms with van der Waals surface area (Å²) in [7, 11) is 4.34. The van der Waals surface area contributed by atoms with Gasteiger partial charge in [0.15, 0.2) is 22.4 Å². The second-order valence-electron chi connectivity index (χ2n) is 9.69. The Morgan fingerprint density at radius 1 is 1.05 bits per heavy atom. The van der Waals surface area contributed by atoms with Gasteiger partial charge in [-0.05, 0) is 57.0 Å². The normalized spacial score (nSPS) is 16.2. The number of carbonyl (C=O) groups excluding carboxylic acids is 3. The summed E-state index contributed by atoms with van der Waals surface area (Å²) < 4.78 is 23.5. The number of methoxy groups -OCH3 is 3. The summed E-state index contributed by atoms with van der Waals surface area (Å²) >= 11 is 0.911. The van der Waals surface area contributed by atoms with Crippen molar-refractivity contribution in [2.24, 2.45) is 0 Å². The number of nitrogens with zero attached hydrogens (tertiary/aromatic N) is 4. The predicted octanol–water partition coefficient (Wildman–Crippen LogP) is 4.54. The molecule has 13 heteroatoms. The Balaban J connectivity index is 1.80. The summed E-state index contributed by atoms with van der Waals surface area (Å²) in [6.45, 7) is 7.08. The Hall–Kier alpha value is -4.91. The van der Waals surface area contributed by atoms with E-state index < -0.39 is 29.5 Å². The molecule has 43 heavy (non-hydrogen) atoms. The largest absolute Gasteiger partial charge is 0.505 e. The van der Waals surface area contributed by atoms with Crippen molar-refractivity contribution in [1.82, 2.24) is 14.4 Å². The lowest BCUT2D eigenvalue weighted by atomic mass is 9.95. The molecule has 1 fully saturated rings. The molecule has 1 N–H and O–H groups in total. The van der Waals surface area contributed by atoms with Crippen LogP contribution in [0, 0.1) is 20.8 Å². The van der Waals surface area contributed by atoms with Gasteiger partial charge >= 0.3 is 11.9 Å². The van der Waals surface area contributed by atoms with Crippen molar-refractivity contribution in [3.63, 3.8) is 0 Å². The van der Waals surface area contributed by atoms with Gasteiger partial charge in [0.25, 0.3) is 5.78 Å². The molecule has 0 bridgehead atoms. The number of ketones is 1. The molecule has 0 radical (unpaired) electrons. The van der Waals surface area contributed by atoms with Crippen LogP contribution in [0.15, 0.2) is 36.0 Å². The van der Waals surface area contributed by atoms with Gasteiger partial charge in [-0.3, -0.25) is 14.5 Å². The number of aromatic nitrogens is 3. The number of Topliss-reactive ketones (excluding diaryl/α,β-unsaturated/α-hetero) is 1. The Morgan fingerprint density at radius 2 is 1.72 bits per heavy atom. The number of hydrogen-bond acceptors (Lipinski definition) is 11. The Bertz CT molecular complexity index is 1800. The number of benzene rings is 1. The number of aliphatic hydroxyl groups excluding tert-OH is 1. The maximum absolute atomic E-state index is 13.8. The van der Waals surface area contributed by atoms with E-state index in [-0.39, 0.29) is 39.4 Å². The van der Waals surface area contributed by atoms with Crippen LogP contribution < -0.4 is 19.1 Å². The van der Waals surface area contributed by atoms with Crippen molar-refractivity contribution in [3.8, 4) is 17.2 Å². The van der Waals surface area contributed by atoms with E-state index in [1.165, 1.54) is 21.3 Å². The topological polar surface area (TPSA) is 142 Å². The molecule has 1 aliphatic heterocycles. The molecule has 1 saturated heterocycles. The van der Waals surface area contributed by atoms with E-state index in [4.69, 9.17) is 18.9 Å². The predicted molar refractivity (Wildman–Crippen MR) is 158 cm³/mol. The number of pyridine rings is 1. The van der Waals surface area contributed by atoms with E-state index in [1.54, 1.807) is 43.5 Å². The zero-order valence-electron chi connectivity index (χ0n) is 24.7. The lowest BCUT2D eigenvalue weighted by Gasteiger charge is -2.24. The molecule has 1 atom stereocenters. The third-order valence-electron chi connectivity index (χ3n) is 7.21. The first-order valence-corrected chi connectivity index (χ1v) is 14.1. The van der Waals surface area contributed by atoms with Gasteiger partial charge in [-0.15, -0.1) is 0 Å². The smallest absolute Gasteiger partial charge is 0.350 e. The fourth-order valence-corrected chi connectivity index (χ4v) is 6.14. The number of anilines is 1. The molecule has 1 amide bonds. The summed E-state index contributed by atoms with van der Waals surface area (Å²) in [5.41, 5.74) is 2.64. The highest BCUT2D eigenvalue weighted by molar-refractivity contribution is 7.17. The third kappa shape index (κ3) is 4.75. The second kappa shape index (κ2) is 11.4. The standard InChI is InChI=1S/C30H30N4O8S/c1-8-42-29(38)26-15(3)31-30(43-26)34-22(17-12-18(39-5)25(41-7)19(13-17)40-6)20(24(36)28(34)37)23(35)21-16(4)33-11-9-10-14(2)27(33)32-21/h9-13,22,35H,8H2,1-7H3. The molecule has 4 aromatic rings. The highest BCUT2D eigenvalue weighted by atomic mass is 32.1. The number of fused-ring (bicyclic) bond motifs is 1. The van der Waals surface area contributed by atoms with E-state index in [1.807, 2.05) is 19.1 Å². The molecule has 1 aliphatic rings. The summed E-state index contributed by atoms with van der Waals surface area (Å²) in [6.07, 6.45) is 1.80. The van der Waals surface area contributed by atoms with Crippen LogP contribution in [-0.4, -0.2) is 65.1 Å². The minimum Gasteiger partial charge on any atom is -0.505 e. The Kier molecular flexibility index (Phi) is 7.84. The lowest BCUT2D eigenvalue weighted by Crippen LogP contribution is -2.29. The van der Waals surface area contributed by atoms with Gasteiger partial charge in [0.05, 0.1) is 50.9 Å². The summed E-state index contributed by atoms with van der Waals surface area (Å²) in [5.74, 6) is -2.11. The summed E-state index contributed by atoms with van der Waals surface area (Å²) in [5, 5.41) is 11.8. The number of aliphatic hydroxyl groups is 1. The van der Waals surface area contributed by atoms with Gasteiger partial charge in [-0.1, -0.05) is 17.4 Å². The monoisotopic (exact) mass is 606 g/mol. The molecule has 0 saturated carbocycles. The van der Waals surface area contributed by atoms with Crippen molar-refractivity contribution in [2.45, 2.75) is 33.7 Å². The number of ether oxygens (including phenoxy) is 4. The molecule has 224 valence electrons. The van der Waals surface area contributed by atoms with E-state index in [2.05, 4.69) is 9.97 Å². The molecule has 0 spiro atoms. The van der Waals surface area contributed by atoms with Crippen LogP contribution >= 0.6 is 11.3 Å². The van der Waals surface area contributed by atoms with Gasteiger partial charge in [-0.2, -0.15) is 0 Å². The number of hydrogen-bond donors (Lipinski definition) is 1. The molecular weight excluding hydrogens is 576 g/mol. The fourth-order valence-electron chi connectivity index (χ4n) is 5.15. The van der Waals surface area contributed by atoms with E-state index in [0.29, 0.717) is 28.3 Å². The number of aryl methyl sites for hydroxylation is 3. The summed E-state index contributed by atoms with van der Waals surface area (Å²) in [6, 6.07) is 5.71. The number of esters is 1. The van der Waals surface area contributed by atoms with E-state index in [0.717, 1.165) is 21.8 Å². The van der Waals surface area contributed by atoms with Crippen LogP contribution in [0.3, 0.4) is 0 Å². The van der Waals surface area contributed by atoms with Crippen molar-refractivity contribution >= 4 is 45.5 Å². The first kappa shape index (κ1) is 29.6. The lowest BCUT2D eigenvalue weighted by molar-refractivity contribution is -0.132. The number of thiazole rings is 1. The maximum Gasteiger partial charge on any atom is 0.350 e. The zero-order chi connectivity index (χ0) is 31.2. The quantitative estimate of drug-likeness (QED) is 0.131. The van der Waals surface area contributed by atoms with Crippen molar-refractivity contribution in [2.75, 3.05) is 32.8 Å². The van der Waals surface area contributed by atoms with Crippen LogP contribution in [-0.2, 0) is 14.3 Å². The first-order valence-electron chi connectivity index (χ1n) is 13.3. The van der Waals surface area contributed by atoms with Crippen LogP contribution in [0.2, 0.25) is 0 Å². The maximum atomic E-state index is 13.8. The number of carbonyl (C=O) groups is 3. The third-order valence-corrected chi connectivity index (χ3v) is 8.34. The van der Waals surface area contributed by atoms with Crippen LogP contribution in [0.1, 0.15) is 50.8 Å². The van der Waals surface area contributed by atoms with Crippen molar-refractivity contribution in [3.05, 3.63) is 69.1 Å². The SMILES string of the molecule is CCOC(=O)c1sc(N2C(=O)C(=O)C(=C(O)c3nc4c(C)cccn4c3C)C2c2cc(OC)c(OC)c(OC)c2)nc1C. The zero-order valence-corrected chi connectivity index (χ0v) is 25.5. The minimum absolute atomic E-state index is 0.0722. The first-order chi connectivity index (χ1) is 20.6. The number of amides is 1. The van der Waals surface area contributed by atoms with Crippen molar-refractivity contribution < 1.29 is 38.4 Å². The molecule has 0 aliphatic carbocycles. The van der Waals surface area contributed by atoms with Gasteiger partial charge in [0.1, 0.15) is 16.2 Å². The molecule has 4 heterocycles. The van der Waals surface area contributed by atoms with Gasteiger partial charge < -0.3 is 28.5 Å². The van der Waals surface area contributed by atoms with Gasteiger partial charge in [0.2, 0.25) is 5.75 Å². The van der Waals surface area contributed by atoms with Gasteiger partial charge in [0, 0.05) is 6.20 Å². The Morgan fingerprint density at radius 3 is 2.30 bits per heavy atom. The fraction of sp³-hybridized carbons (Fsp3) is 0.300. The van der Waals surface area contributed by atoms with Crippen LogP contribution in [0.5, 0.6) is 17.2 Å². The van der Waals surface area contributed by atoms with Crippen LogP contribution in [0.25, 0.3) is 11.4 Å². The van der Waals surface area contributed by atoms with E-state index in [9.17, 15) is 19.5 Å². The molecule has 1 aromatic carbocycles. The average Bonchev–Trinajstić information content (AvgIpc) is 3.63.